The molecule has 108 valence electrons. The zero-order valence-corrected chi connectivity index (χ0v) is 12.9. The van der Waals surface area contributed by atoms with E-state index in [1.165, 1.54) is 64.5 Å². The zero-order valence-electron chi connectivity index (χ0n) is 12.9. The van der Waals surface area contributed by atoms with Gasteiger partial charge in [0.25, 0.3) is 0 Å². The number of hydrogen-bond donors (Lipinski definition) is 1. The molecule has 0 radical (unpaired) electrons. The van der Waals surface area contributed by atoms with E-state index in [1.54, 1.807) is 0 Å². The van der Waals surface area contributed by atoms with Gasteiger partial charge in [-0.15, -0.1) is 0 Å². The first-order valence-electron chi connectivity index (χ1n) is 8.15. The molecule has 0 spiro atoms. The number of rotatable bonds is 8. The molecule has 0 aromatic carbocycles. The van der Waals surface area contributed by atoms with Crippen molar-refractivity contribution >= 4 is 0 Å². The Labute approximate surface area is 114 Å². The van der Waals surface area contributed by atoms with Gasteiger partial charge in [-0.1, -0.05) is 52.9 Å². The van der Waals surface area contributed by atoms with Crippen molar-refractivity contribution in [1.82, 2.24) is 4.90 Å². The maximum Gasteiger partial charge on any atom is 0.0218 e. The van der Waals surface area contributed by atoms with Crippen LogP contribution in [0, 0.1) is 5.41 Å². The molecule has 18 heavy (non-hydrogen) atoms. The number of piperidine rings is 1. The van der Waals surface area contributed by atoms with Gasteiger partial charge in [-0.2, -0.15) is 0 Å². The second-order valence-electron chi connectivity index (χ2n) is 6.13. The van der Waals surface area contributed by atoms with Crippen molar-refractivity contribution in [1.29, 1.82) is 0 Å². The average Bonchev–Trinajstić information content (AvgIpc) is 2.44. The molecule has 1 atom stereocenters. The standard InChI is InChI=1S/C16H34N2/c1-4-7-8-9-15(14-17)18-12-10-16(5-2,6-3)11-13-18/h15H,4-14,17H2,1-3H3. The van der Waals surface area contributed by atoms with Crippen LogP contribution in [0.5, 0.6) is 0 Å². The SMILES string of the molecule is CCCCCC(CN)N1CCC(CC)(CC)CC1. The van der Waals surface area contributed by atoms with Crippen LogP contribution < -0.4 is 5.73 Å². The molecule has 2 nitrogen and oxygen atoms in total. The number of hydrogen-bond acceptors (Lipinski definition) is 2. The molecule has 0 saturated carbocycles. The molecular weight excluding hydrogens is 220 g/mol. The second kappa shape index (κ2) is 8.16. The summed E-state index contributed by atoms with van der Waals surface area (Å²) >= 11 is 0. The van der Waals surface area contributed by atoms with Gasteiger partial charge < -0.3 is 5.73 Å². The number of likely N-dealkylation sites (tertiary alicyclic amines) is 1. The Morgan fingerprint density at radius 1 is 1.06 bits per heavy atom. The predicted octanol–water partition coefficient (Wildman–Crippen LogP) is 3.80. The molecule has 1 saturated heterocycles. The first-order valence-corrected chi connectivity index (χ1v) is 8.15. The molecule has 0 aliphatic carbocycles. The number of nitrogens with zero attached hydrogens (tertiary/aromatic N) is 1. The van der Waals surface area contributed by atoms with Crippen LogP contribution in [0.2, 0.25) is 0 Å². The Morgan fingerprint density at radius 3 is 2.11 bits per heavy atom. The van der Waals surface area contributed by atoms with E-state index in [9.17, 15) is 0 Å². The molecule has 1 heterocycles. The largest absolute Gasteiger partial charge is 0.329 e. The third kappa shape index (κ3) is 4.24. The van der Waals surface area contributed by atoms with Gasteiger partial charge >= 0.3 is 0 Å². The Morgan fingerprint density at radius 2 is 1.67 bits per heavy atom. The van der Waals surface area contributed by atoms with Crippen molar-refractivity contribution in [2.75, 3.05) is 19.6 Å². The fourth-order valence-corrected chi connectivity index (χ4v) is 3.40. The summed E-state index contributed by atoms with van der Waals surface area (Å²) in [7, 11) is 0. The molecule has 1 unspecified atom stereocenters. The summed E-state index contributed by atoms with van der Waals surface area (Å²) in [6.45, 7) is 10.4. The van der Waals surface area contributed by atoms with Crippen LogP contribution in [0.15, 0.2) is 0 Å². The van der Waals surface area contributed by atoms with Gasteiger partial charge in [-0.25, -0.2) is 0 Å². The van der Waals surface area contributed by atoms with Crippen LogP contribution in [-0.4, -0.2) is 30.6 Å². The summed E-state index contributed by atoms with van der Waals surface area (Å²) in [5.74, 6) is 0. The molecule has 1 rings (SSSR count). The monoisotopic (exact) mass is 254 g/mol. The van der Waals surface area contributed by atoms with Crippen LogP contribution >= 0.6 is 0 Å². The smallest absolute Gasteiger partial charge is 0.0218 e. The van der Waals surface area contributed by atoms with Crippen molar-refractivity contribution in [2.45, 2.75) is 78.2 Å². The number of unbranched alkanes of at least 4 members (excludes halogenated alkanes) is 2. The quantitative estimate of drug-likeness (QED) is 0.668. The van der Waals surface area contributed by atoms with E-state index in [2.05, 4.69) is 25.7 Å². The van der Waals surface area contributed by atoms with Crippen molar-refractivity contribution in [2.24, 2.45) is 11.1 Å². The first kappa shape index (κ1) is 16.0. The van der Waals surface area contributed by atoms with Crippen molar-refractivity contribution < 1.29 is 0 Å². The van der Waals surface area contributed by atoms with Gasteiger partial charge in [0.15, 0.2) is 0 Å². The highest BCUT2D eigenvalue weighted by molar-refractivity contribution is 4.86. The molecule has 0 bridgehead atoms. The lowest BCUT2D eigenvalue weighted by Crippen LogP contribution is -2.47. The molecule has 1 aliphatic rings. The highest BCUT2D eigenvalue weighted by Crippen LogP contribution is 2.38. The van der Waals surface area contributed by atoms with E-state index < -0.39 is 0 Å². The first-order chi connectivity index (χ1) is 8.71. The maximum absolute atomic E-state index is 5.98. The highest BCUT2D eigenvalue weighted by atomic mass is 15.2. The Hall–Kier alpha value is -0.0800. The van der Waals surface area contributed by atoms with Crippen molar-refractivity contribution in [3.63, 3.8) is 0 Å². The molecule has 1 fully saturated rings. The van der Waals surface area contributed by atoms with E-state index in [-0.39, 0.29) is 0 Å². The second-order valence-corrected chi connectivity index (χ2v) is 6.13. The lowest BCUT2D eigenvalue weighted by Gasteiger charge is -2.44. The maximum atomic E-state index is 5.98. The van der Waals surface area contributed by atoms with Gasteiger partial charge in [0.1, 0.15) is 0 Å². The zero-order chi connectivity index (χ0) is 13.4. The Balaban J connectivity index is 2.39. The van der Waals surface area contributed by atoms with Gasteiger partial charge in [0.2, 0.25) is 0 Å². The van der Waals surface area contributed by atoms with E-state index in [0.717, 1.165) is 6.54 Å². The summed E-state index contributed by atoms with van der Waals surface area (Å²) in [5, 5.41) is 0. The molecular formula is C16H34N2. The molecule has 1 aliphatic heterocycles. The minimum atomic E-state index is 0.638. The van der Waals surface area contributed by atoms with Crippen molar-refractivity contribution in [3.8, 4) is 0 Å². The fraction of sp³-hybridized carbons (Fsp3) is 1.00. The van der Waals surface area contributed by atoms with Gasteiger partial charge in [-0.3, -0.25) is 4.90 Å². The summed E-state index contributed by atoms with van der Waals surface area (Å²) in [5.41, 5.74) is 6.61. The fourth-order valence-electron chi connectivity index (χ4n) is 3.40. The lowest BCUT2D eigenvalue weighted by molar-refractivity contribution is 0.0647. The summed E-state index contributed by atoms with van der Waals surface area (Å²) in [6, 6.07) is 0.642. The normalized spacial score (nSPS) is 22.0. The Kier molecular flexibility index (Phi) is 7.25. The molecule has 0 aromatic rings. The minimum Gasteiger partial charge on any atom is -0.329 e. The third-order valence-electron chi connectivity index (χ3n) is 5.29. The van der Waals surface area contributed by atoms with E-state index in [0.29, 0.717) is 11.5 Å². The van der Waals surface area contributed by atoms with E-state index in [4.69, 9.17) is 5.73 Å². The van der Waals surface area contributed by atoms with Crippen LogP contribution in [-0.2, 0) is 0 Å². The van der Waals surface area contributed by atoms with Crippen LogP contribution in [0.4, 0.5) is 0 Å². The third-order valence-corrected chi connectivity index (χ3v) is 5.29. The average molecular weight is 254 g/mol. The molecule has 2 heteroatoms. The molecule has 2 N–H and O–H groups in total. The molecule has 0 aromatic heterocycles. The predicted molar refractivity (Wildman–Crippen MR) is 80.8 cm³/mol. The van der Waals surface area contributed by atoms with Crippen LogP contribution in [0.1, 0.15) is 72.1 Å². The number of nitrogens with two attached hydrogens (primary N) is 1. The summed E-state index contributed by atoms with van der Waals surface area (Å²) in [4.78, 5) is 2.67. The minimum absolute atomic E-state index is 0.638. The van der Waals surface area contributed by atoms with Crippen LogP contribution in [0.25, 0.3) is 0 Å². The summed E-state index contributed by atoms with van der Waals surface area (Å²) < 4.78 is 0. The van der Waals surface area contributed by atoms with Crippen molar-refractivity contribution in [3.05, 3.63) is 0 Å². The lowest BCUT2D eigenvalue weighted by atomic mass is 9.74. The van der Waals surface area contributed by atoms with Gasteiger partial charge in [-0.05, 0) is 37.8 Å². The molecule has 0 amide bonds. The van der Waals surface area contributed by atoms with Crippen LogP contribution in [0.3, 0.4) is 0 Å². The van der Waals surface area contributed by atoms with E-state index in [1.807, 2.05) is 0 Å². The Bertz CT molecular complexity index is 201. The summed E-state index contributed by atoms with van der Waals surface area (Å²) in [6.07, 6.45) is 10.8. The van der Waals surface area contributed by atoms with Gasteiger partial charge in [0.05, 0.1) is 0 Å². The van der Waals surface area contributed by atoms with Gasteiger partial charge in [0, 0.05) is 12.6 Å². The highest BCUT2D eigenvalue weighted by Gasteiger charge is 2.32. The van der Waals surface area contributed by atoms with E-state index >= 15 is 0 Å². The topological polar surface area (TPSA) is 29.3 Å².